The number of rotatable bonds is 11. The Bertz CT molecular complexity index is 1110. The van der Waals surface area contributed by atoms with Gasteiger partial charge in [0.25, 0.3) is 0 Å². The molecular weight excluding hydrogens is 414 g/mol. The van der Waals surface area contributed by atoms with Crippen LogP contribution in [-0.4, -0.2) is 30.4 Å². The smallest absolute Gasteiger partial charge is 0.226 e. The standard InChI is InChI=1S/C27H31N3O3/c1-19-15-25(11-10-22(19)9-6-13-31)32-14-12-26-21(3)33-27(30-26)24-8-5-4-7-23(16-24)20(2)17-29-18-28/h8,10-11,13,15-18,28H,2,4-7,9,12,14H2,1,3H3. The van der Waals surface area contributed by atoms with Crippen LogP contribution < -0.4 is 4.74 Å². The van der Waals surface area contributed by atoms with Crippen molar-refractivity contribution in [2.45, 2.75) is 52.4 Å². The summed E-state index contributed by atoms with van der Waals surface area (Å²) in [6, 6.07) is 5.99. The van der Waals surface area contributed by atoms with E-state index in [1.54, 1.807) is 6.21 Å². The number of hydrogen-bond donors (Lipinski definition) is 1. The van der Waals surface area contributed by atoms with Crippen LogP contribution in [0.1, 0.15) is 54.2 Å². The number of ether oxygens (including phenoxy) is 1. The highest BCUT2D eigenvalue weighted by Gasteiger charge is 2.15. The first kappa shape index (κ1) is 24.1. The maximum atomic E-state index is 10.6. The van der Waals surface area contributed by atoms with E-state index in [4.69, 9.17) is 19.5 Å². The Morgan fingerprint density at radius 2 is 2.18 bits per heavy atom. The molecule has 0 unspecified atom stereocenters. The number of oxazole rings is 1. The predicted octanol–water partition coefficient (Wildman–Crippen LogP) is 5.77. The number of allylic oxidation sites excluding steroid dienone is 5. The first-order chi connectivity index (χ1) is 16.0. The summed E-state index contributed by atoms with van der Waals surface area (Å²) in [6.45, 7) is 8.53. The number of aryl methyl sites for hydroxylation is 3. The molecule has 6 heteroatoms. The Kier molecular flexibility index (Phi) is 8.70. The highest BCUT2D eigenvalue weighted by Crippen LogP contribution is 2.28. The molecule has 1 aliphatic carbocycles. The van der Waals surface area contributed by atoms with Crippen molar-refractivity contribution in [1.82, 2.24) is 4.98 Å². The number of nitrogens with zero attached hydrogens (tertiary/aromatic N) is 2. The van der Waals surface area contributed by atoms with Gasteiger partial charge in [0.05, 0.1) is 12.3 Å². The molecule has 0 fully saturated rings. The fourth-order valence-corrected chi connectivity index (χ4v) is 3.78. The Morgan fingerprint density at radius 3 is 2.94 bits per heavy atom. The maximum Gasteiger partial charge on any atom is 0.226 e. The highest BCUT2D eigenvalue weighted by molar-refractivity contribution is 5.89. The van der Waals surface area contributed by atoms with Crippen molar-refractivity contribution in [2.24, 2.45) is 4.99 Å². The molecule has 1 N–H and O–H groups in total. The van der Waals surface area contributed by atoms with E-state index in [0.717, 1.165) is 77.8 Å². The maximum absolute atomic E-state index is 10.6. The lowest BCUT2D eigenvalue weighted by Gasteiger charge is -2.09. The molecule has 0 spiro atoms. The minimum absolute atomic E-state index is 0.497. The molecule has 0 atom stereocenters. The molecule has 6 nitrogen and oxygen atoms in total. The van der Waals surface area contributed by atoms with E-state index >= 15 is 0 Å². The average molecular weight is 446 g/mol. The summed E-state index contributed by atoms with van der Waals surface area (Å²) >= 11 is 0. The van der Waals surface area contributed by atoms with Crippen molar-refractivity contribution in [3.63, 3.8) is 0 Å². The fourth-order valence-electron chi connectivity index (χ4n) is 3.78. The topological polar surface area (TPSA) is 88.5 Å². The monoisotopic (exact) mass is 445 g/mol. The van der Waals surface area contributed by atoms with E-state index in [9.17, 15) is 4.79 Å². The third-order valence-corrected chi connectivity index (χ3v) is 5.65. The second kappa shape index (κ2) is 11.9. The van der Waals surface area contributed by atoms with Gasteiger partial charge in [-0.25, -0.2) is 9.98 Å². The molecule has 0 radical (unpaired) electrons. The number of aromatic nitrogens is 1. The normalized spacial score (nSPS) is 13.9. The van der Waals surface area contributed by atoms with Gasteiger partial charge in [-0.2, -0.15) is 0 Å². The number of nitrogens with one attached hydrogen (secondary N) is 1. The Hall–Kier alpha value is -3.54. The van der Waals surface area contributed by atoms with Crippen molar-refractivity contribution in [3.8, 4) is 5.75 Å². The number of aliphatic imine (C=N–C) groups is 1. The van der Waals surface area contributed by atoms with Gasteiger partial charge in [-0.1, -0.05) is 18.7 Å². The number of hydrogen-bond acceptors (Lipinski definition) is 5. The Balaban J connectivity index is 1.65. The fraction of sp³-hybridized carbons (Fsp3) is 0.333. The predicted molar refractivity (Wildman–Crippen MR) is 132 cm³/mol. The van der Waals surface area contributed by atoms with Crippen molar-refractivity contribution in [1.29, 1.82) is 5.41 Å². The van der Waals surface area contributed by atoms with Gasteiger partial charge < -0.3 is 13.9 Å². The van der Waals surface area contributed by atoms with Crippen LogP contribution in [0.15, 0.2) is 57.5 Å². The summed E-state index contributed by atoms with van der Waals surface area (Å²) in [7, 11) is 0. The molecule has 33 heavy (non-hydrogen) atoms. The largest absolute Gasteiger partial charge is 0.493 e. The summed E-state index contributed by atoms with van der Waals surface area (Å²) in [5, 5.41) is 7.07. The van der Waals surface area contributed by atoms with E-state index in [-0.39, 0.29) is 0 Å². The third kappa shape index (κ3) is 6.72. The molecule has 1 heterocycles. The van der Waals surface area contributed by atoms with Crippen LogP contribution in [-0.2, 0) is 17.6 Å². The van der Waals surface area contributed by atoms with Crippen LogP contribution in [0.25, 0.3) is 5.57 Å². The van der Waals surface area contributed by atoms with Crippen LogP contribution in [0, 0.1) is 19.3 Å². The molecule has 0 bridgehead atoms. The second-order valence-electron chi connectivity index (χ2n) is 8.07. The van der Waals surface area contributed by atoms with Gasteiger partial charge in [-0.3, -0.25) is 5.41 Å². The number of carbonyl (C=O) groups is 1. The second-order valence-corrected chi connectivity index (χ2v) is 8.07. The lowest BCUT2D eigenvalue weighted by Crippen LogP contribution is -2.03. The van der Waals surface area contributed by atoms with Crippen molar-refractivity contribution in [3.05, 3.63) is 76.5 Å². The molecule has 1 aromatic heterocycles. The van der Waals surface area contributed by atoms with Gasteiger partial charge >= 0.3 is 0 Å². The lowest BCUT2D eigenvalue weighted by atomic mass is 10.0. The van der Waals surface area contributed by atoms with Crippen molar-refractivity contribution < 1.29 is 13.9 Å². The Morgan fingerprint density at radius 1 is 1.33 bits per heavy atom. The quantitative estimate of drug-likeness (QED) is 0.270. The van der Waals surface area contributed by atoms with Gasteiger partial charge in [0.1, 0.15) is 24.1 Å². The van der Waals surface area contributed by atoms with E-state index in [0.29, 0.717) is 25.3 Å². The van der Waals surface area contributed by atoms with Crippen LogP contribution in [0.5, 0.6) is 5.75 Å². The lowest BCUT2D eigenvalue weighted by molar-refractivity contribution is -0.107. The molecule has 172 valence electrons. The molecule has 0 amide bonds. The van der Waals surface area contributed by atoms with E-state index < -0.39 is 0 Å². The van der Waals surface area contributed by atoms with Gasteiger partial charge in [-0.15, -0.1) is 0 Å². The number of aldehydes is 1. The highest BCUT2D eigenvalue weighted by atomic mass is 16.5. The van der Waals surface area contributed by atoms with Crippen LogP contribution >= 0.6 is 0 Å². The van der Waals surface area contributed by atoms with Crippen molar-refractivity contribution >= 4 is 24.4 Å². The minimum Gasteiger partial charge on any atom is -0.493 e. The van der Waals surface area contributed by atoms with Crippen LogP contribution in [0.2, 0.25) is 0 Å². The molecule has 0 saturated carbocycles. The first-order valence-electron chi connectivity index (χ1n) is 11.3. The third-order valence-electron chi connectivity index (χ3n) is 5.65. The van der Waals surface area contributed by atoms with Gasteiger partial charge in [0.15, 0.2) is 0 Å². The van der Waals surface area contributed by atoms with Crippen LogP contribution in [0.3, 0.4) is 0 Å². The minimum atomic E-state index is 0.497. The van der Waals surface area contributed by atoms with Gasteiger partial charge in [-0.05, 0) is 80.0 Å². The van der Waals surface area contributed by atoms with E-state index in [1.165, 1.54) is 5.56 Å². The molecule has 0 aliphatic heterocycles. The molecule has 1 aromatic carbocycles. The molecular formula is C27H31N3O3. The van der Waals surface area contributed by atoms with Crippen LogP contribution in [0.4, 0.5) is 0 Å². The van der Waals surface area contributed by atoms with Gasteiger partial charge in [0, 0.05) is 24.6 Å². The number of benzene rings is 1. The zero-order valence-electron chi connectivity index (χ0n) is 19.4. The number of carbonyl (C=O) groups excluding carboxylic acids is 1. The summed E-state index contributed by atoms with van der Waals surface area (Å²) in [5.41, 5.74) is 6.01. The van der Waals surface area contributed by atoms with Crippen molar-refractivity contribution in [2.75, 3.05) is 6.61 Å². The molecule has 0 saturated heterocycles. The van der Waals surface area contributed by atoms with E-state index in [1.807, 2.05) is 32.0 Å². The van der Waals surface area contributed by atoms with Gasteiger partial charge in [0.2, 0.25) is 5.89 Å². The zero-order valence-corrected chi connectivity index (χ0v) is 19.4. The summed E-state index contributed by atoms with van der Waals surface area (Å²) in [4.78, 5) is 19.2. The zero-order chi connectivity index (χ0) is 23.6. The SMILES string of the molecule is C=C(C=NC=N)C1=CC(c2nc(CCOc3ccc(CCC=O)c(C)c3)c(C)o2)=CCCC1. The summed E-state index contributed by atoms with van der Waals surface area (Å²) in [6.07, 6.45) is 12.6. The molecule has 2 aromatic rings. The molecule has 3 rings (SSSR count). The summed E-state index contributed by atoms with van der Waals surface area (Å²) < 4.78 is 11.9. The summed E-state index contributed by atoms with van der Waals surface area (Å²) in [5.74, 6) is 2.21. The van der Waals surface area contributed by atoms with E-state index in [2.05, 4.69) is 23.7 Å². The average Bonchev–Trinajstić information content (AvgIpc) is 3.01. The Labute approximate surface area is 195 Å². The first-order valence-corrected chi connectivity index (χ1v) is 11.3. The molecule has 1 aliphatic rings.